The SMILES string of the molecule is CC1=CC(C)(N)C(N)C(CCCCCC(C)C)=C1. The third-order valence-corrected chi connectivity index (χ3v) is 3.77. The zero-order chi connectivity index (χ0) is 13.8. The molecule has 0 aromatic rings. The molecule has 0 saturated heterocycles. The average molecular weight is 250 g/mol. The Hall–Kier alpha value is -0.600. The quantitative estimate of drug-likeness (QED) is 0.709. The van der Waals surface area contributed by atoms with E-state index in [9.17, 15) is 0 Å². The molecule has 2 unspecified atom stereocenters. The van der Waals surface area contributed by atoms with E-state index in [-0.39, 0.29) is 11.6 Å². The second kappa shape index (κ2) is 6.53. The molecule has 1 aliphatic carbocycles. The van der Waals surface area contributed by atoms with Crippen LogP contribution in [0.15, 0.2) is 23.3 Å². The molecule has 0 saturated carbocycles. The molecule has 1 aliphatic rings. The Morgan fingerprint density at radius 1 is 1.28 bits per heavy atom. The molecule has 2 heteroatoms. The van der Waals surface area contributed by atoms with Crippen LogP contribution in [0.25, 0.3) is 0 Å². The van der Waals surface area contributed by atoms with Crippen molar-refractivity contribution >= 4 is 0 Å². The number of nitrogens with two attached hydrogens (primary N) is 2. The second-order valence-corrected chi connectivity index (χ2v) is 6.44. The lowest BCUT2D eigenvalue weighted by Crippen LogP contribution is -2.53. The highest BCUT2D eigenvalue weighted by Crippen LogP contribution is 2.27. The summed E-state index contributed by atoms with van der Waals surface area (Å²) >= 11 is 0. The van der Waals surface area contributed by atoms with Gasteiger partial charge in [0.1, 0.15) is 0 Å². The number of hydrogen-bond donors (Lipinski definition) is 2. The fourth-order valence-corrected chi connectivity index (χ4v) is 2.69. The van der Waals surface area contributed by atoms with Gasteiger partial charge in [-0.1, -0.05) is 56.4 Å². The normalized spacial score (nSPS) is 28.3. The van der Waals surface area contributed by atoms with Gasteiger partial charge in [-0.15, -0.1) is 0 Å². The number of allylic oxidation sites excluding steroid dienone is 2. The molecule has 18 heavy (non-hydrogen) atoms. The molecule has 0 aromatic carbocycles. The number of hydrogen-bond acceptors (Lipinski definition) is 2. The van der Waals surface area contributed by atoms with Crippen molar-refractivity contribution < 1.29 is 0 Å². The van der Waals surface area contributed by atoms with E-state index in [1.54, 1.807) is 0 Å². The Morgan fingerprint density at radius 2 is 1.94 bits per heavy atom. The zero-order valence-corrected chi connectivity index (χ0v) is 12.5. The molecule has 0 aliphatic heterocycles. The monoisotopic (exact) mass is 250 g/mol. The molecule has 0 radical (unpaired) electrons. The van der Waals surface area contributed by atoms with Crippen LogP contribution in [0, 0.1) is 5.92 Å². The summed E-state index contributed by atoms with van der Waals surface area (Å²) in [4.78, 5) is 0. The molecular weight excluding hydrogens is 220 g/mol. The maximum absolute atomic E-state index is 6.24. The molecule has 0 fully saturated rings. The van der Waals surface area contributed by atoms with E-state index < -0.39 is 0 Å². The van der Waals surface area contributed by atoms with Crippen LogP contribution in [-0.4, -0.2) is 11.6 Å². The highest BCUT2D eigenvalue weighted by molar-refractivity contribution is 5.37. The van der Waals surface area contributed by atoms with Gasteiger partial charge in [-0.05, 0) is 32.6 Å². The van der Waals surface area contributed by atoms with Crippen LogP contribution >= 0.6 is 0 Å². The van der Waals surface area contributed by atoms with E-state index in [4.69, 9.17) is 11.5 Å². The van der Waals surface area contributed by atoms with E-state index in [0.29, 0.717) is 0 Å². The molecule has 0 heterocycles. The van der Waals surface area contributed by atoms with E-state index >= 15 is 0 Å². The van der Waals surface area contributed by atoms with Gasteiger partial charge in [-0.3, -0.25) is 0 Å². The topological polar surface area (TPSA) is 52.0 Å². The number of rotatable bonds is 6. The van der Waals surface area contributed by atoms with Crippen LogP contribution in [0.2, 0.25) is 0 Å². The lowest BCUT2D eigenvalue weighted by Gasteiger charge is -2.34. The van der Waals surface area contributed by atoms with E-state index in [1.807, 2.05) is 6.92 Å². The van der Waals surface area contributed by atoms with Gasteiger partial charge in [0.2, 0.25) is 0 Å². The second-order valence-electron chi connectivity index (χ2n) is 6.44. The van der Waals surface area contributed by atoms with Gasteiger partial charge in [0.25, 0.3) is 0 Å². The van der Waals surface area contributed by atoms with E-state index in [0.717, 1.165) is 12.3 Å². The summed E-state index contributed by atoms with van der Waals surface area (Å²) in [6, 6.07) is -0.0219. The third kappa shape index (κ3) is 4.58. The minimum Gasteiger partial charge on any atom is -0.322 e. The first-order valence-corrected chi connectivity index (χ1v) is 7.27. The molecule has 0 spiro atoms. The first-order valence-electron chi connectivity index (χ1n) is 7.27. The average Bonchev–Trinajstić information content (AvgIpc) is 2.23. The van der Waals surface area contributed by atoms with Crippen molar-refractivity contribution in [3.8, 4) is 0 Å². The summed E-state index contributed by atoms with van der Waals surface area (Å²) in [7, 11) is 0. The van der Waals surface area contributed by atoms with Crippen molar-refractivity contribution in [2.75, 3.05) is 0 Å². The maximum atomic E-state index is 6.24. The van der Waals surface area contributed by atoms with Gasteiger partial charge in [-0.25, -0.2) is 0 Å². The Balaban J connectivity index is 2.40. The van der Waals surface area contributed by atoms with Crippen molar-refractivity contribution in [3.63, 3.8) is 0 Å². The van der Waals surface area contributed by atoms with Crippen molar-refractivity contribution in [3.05, 3.63) is 23.3 Å². The first kappa shape index (κ1) is 15.5. The lowest BCUT2D eigenvalue weighted by molar-refractivity contribution is 0.470. The van der Waals surface area contributed by atoms with Crippen molar-refractivity contribution in [2.24, 2.45) is 17.4 Å². The van der Waals surface area contributed by atoms with Crippen LogP contribution in [0.5, 0.6) is 0 Å². The van der Waals surface area contributed by atoms with Crippen LogP contribution in [0.3, 0.4) is 0 Å². The van der Waals surface area contributed by atoms with Gasteiger partial charge < -0.3 is 11.5 Å². The summed E-state index contributed by atoms with van der Waals surface area (Å²) < 4.78 is 0. The molecule has 4 N–H and O–H groups in total. The van der Waals surface area contributed by atoms with Gasteiger partial charge in [0, 0.05) is 6.04 Å². The van der Waals surface area contributed by atoms with Crippen molar-refractivity contribution in [2.45, 2.75) is 71.4 Å². The Kier molecular flexibility index (Phi) is 5.61. The molecule has 0 amide bonds. The minimum absolute atomic E-state index is 0.0219. The fourth-order valence-electron chi connectivity index (χ4n) is 2.69. The minimum atomic E-state index is -0.383. The first-order chi connectivity index (χ1) is 8.33. The van der Waals surface area contributed by atoms with Gasteiger partial charge in [0.05, 0.1) is 5.54 Å². The summed E-state index contributed by atoms with van der Waals surface area (Å²) in [6.07, 6.45) is 10.6. The summed E-state index contributed by atoms with van der Waals surface area (Å²) in [6.45, 7) is 8.70. The van der Waals surface area contributed by atoms with Gasteiger partial charge in [0.15, 0.2) is 0 Å². The molecule has 0 bridgehead atoms. The highest BCUT2D eigenvalue weighted by Gasteiger charge is 2.30. The largest absolute Gasteiger partial charge is 0.322 e. The predicted molar refractivity (Wildman–Crippen MR) is 80.3 cm³/mol. The highest BCUT2D eigenvalue weighted by atomic mass is 14.8. The summed E-state index contributed by atoms with van der Waals surface area (Å²) in [5.41, 5.74) is 14.7. The fraction of sp³-hybridized carbons (Fsp3) is 0.750. The standard InChI is InChI=1S/C16H30N2/c1-12(2)8-6-5-7-9-14-10-13(3)11-16(4,18)15(14)17/h10-12,15H,5-9,17-18H2,1-4H3. The molecule has 104 valence electrons. The van der Waals surface area contributed by atoms with Gasteiger partial charge in [-0.2, -0.15) is 0 Å². The molecule has 1 rings (SSSR count). The van der Waals surface area contributed by atoms with Crippen molar-refractivity contribution in [1.29, 1.82) is 0 Å². The third-order valence-electron chi connectivity index (χ3n) is 3.77. The summed E-state index contributed by atoms with van der Waals surface area (Å²) in [5.74, 6) is 0.818. The molecule has 2 nitrogen and oxygen atoms in total. The Bertz CT molecular complexity index is 324. The van der Waals surface area contributed by atoms with E-state index in [2.05, 4.69) is 32.9 Å². The maximum Gasteiger partial charge on any atom is 0.0508 e. The Labute approximate surface area is 113 Å². The van der Waals surface area contributed by atoms with Crippen LogP contribution < -0.4 is 11.5 Å². The van der Waals surface area contributed by atoms with Crippen LogP contribution in [0.1, 0.15) is 59.8 Å². The molecule has 0 aromatic heterocycles. The summed E-state index contributed by atoms with van der Waals surface area (Å²) in [5, 5.41) is 0. The lowest BCUT2D eigenvalue weighted by atomic mass is 9.80. The van der Waals surface area contributed by atoms with Crippen LogP contribution in [0.4, 0.5) is 0 Å². The molecular formula is C16H30N2. The Morgan fingerprint density at radius 3 is 2.56 bits per heavy atom. The van der Waals surface area contributed by atoms with Crippen molar-refractivity contribution in [1.82, 2.24) is 0 Å². The van der Waals surface area contributed by atoms with Crippen LogP contribution in [-0.2, 0) is 0 Å². The number of unbranched alkanes of at least 4 members (excludes halogenated alkanes) is 2. The smallest absolute Gasteiger partial charge is 0.0508 e. The van der Waals surface area contributed by atoms with Gasteiger partial charge >= 0.3 is 0 Å². The zero-order valence-electron chi connectivity index (χ0n) is 12.5. The predicted octanol–water partition coefficient (Wildman–Crippen LogP) is 3.52. The van der Waals surface area contributed by atoms with E-state index in [1.165, 1.54) is 36.8 Å². The molecule has 2 atom stereocenters.